The first kappa shape index (κ1) is 12.4. The molecule has 1 saturated heterocycles. The number of fused-ring (bicyclic) bond motifs is 1. The molecule has 0 spiro atoms. The lowest BCUT2D eigenvalue weighted by atomic mass is 10.1. The minimum atomic E-state index is 0.223. The number of hydrogen-bond donors (Lipinski definition) is 0. The largest absolute Gasteiger partial charge is 0.474 e. The molecule has 2 aromatic rings. The van der Waals surface area contributed by atoms with Crippen LogP contribution >= 0.6 is 0 Å². The Morgan fingerprint density at radius 2 is 2.11 bits per heavy atom. The number of ether oxygens (including phenoxy) is 2. The van der Waals surface area contributed by atoms with Crippen molar-refractivity contribution in [2.24, 2.45) is 0 Å². The zero-order valence-electron chi connectivity index (χ0n) is 11.1. The molecule has 1 fully saturated rings. The van der Waals surface area contributed by atoms with Gasteiger partial charge < -0.3 is 9.47 Å². The van der Waals surface area contributed by atoms with Gasteiger partial charge in [0.25, 0.3) is 0 Å². The third-order valence-corrected chi connectivity index (χ3v) is 3.48. The maximum atomic E-state index is 5.94. The Hall–Kier alpha value is -1.68. The average molecular weight is 258 g/mol. The number of pyridine rings is 2. The Morgan fingerprint density at radius 1 is 1.26 bits per heavy atom. The Bertz CT molecular complexity index is 565. The molecule has 0 saturated carbocycles. The third kappa shape index (κ3) is 2.68. The molecule has 0 unspecified atom stereocenters. The number of aryl methyl sites for hydroxylation is 1. The van der Waals surface area contributed by atoms with E-state index in [1.807, 2.05) is 24.4 Å². The highest BCUT2D eigenvalue weighted by atomic mass is 16.5. The number of nitrogens with zero attached hydrogens (tertiary/aromatic N) is 2. The van der Waals surface area contributed by atoms with Gasteiger partial charge >= 0.3 is 0 Å². The van der Waals surface area contributed by atoms with Crippen LogP contribution in [-0.4, -0.2) is 29.3 Å². The average Bonchev–Trinajstić information content (AvgIpc) is 2.47. The van der Waals surface area contributed by atoms with E-state index in [4.69, 9.17) is 9.47 Å². The summed E-state index contributed by atoms with van der Waals surface area (Å²) in [5.74, 6) is 0.696. The van der Waals surface area contributed by atoms with Gasteiger partial charge in [0, 0.05) is 25.1 Å². The van der Waals surface area contributed by atoms with E-state index in [0.717, 1.165) is 43.5 Å². The first-order chi connectivity index (χ1) is 9.36. The van der Waals surface area contributed by atoms with E-state index in [2.05, 4.69) is 16.9 Å². The Labute approximate surface area is 112 Å². The molecule has 1 aliphatic heterocycles. The van der Waals surface area contributed by atoms with Crippen molar-refractivity contribution in [3.63, 3.8) is 0 Å². The van der Waals surface area contributed by atoms with Crippen LogP contribution in [0.1, 0.15) is 25.3 Å². The van der Waals surface area contributed by atoms with E-state index in [0.29, 0.717) is 5.88 Å². The van der Waals surface area contributed by atoms with Crippen molar-refractivity contribution in [1.82, 2.24) is 9.97 Å². The molecule has 4 heteroatoms. The summed E-state index contributed by atoms with van der Waals surface area (Å²) in [5.41, 5.74) is 3.09. The monoisotopic (exact) mass is 258 g/mol. The molecular formula is C15H18N2O2. The van der Waals surface area contributed by atoms with E-state index in [1.54, 1.807) is 0 Å². The lowest BCUT2D eigenvalue weighted by Crippen LogP contribution is -2.26. The van der Waals surface area contributed by atoms with Gasteiger partial charge in [-0.15, -0.1) is 0 Å². The molecule has 0 N–H and O–H groups in total. The van der Waals surface area contributed by atoms with Crippen molar-refractivity contribution in [3.8, 4) is 5.88 Å². The number of hydrogen-bond acceptors (Lipinski definition) is 4. The van der Waals surface area contributed by atoms with Crippen LogP contribution in [0.3, 0.4) is 0 Å². The molecule has 0 aliphatic carbocycles. The molecule has 0 aromatic carbocycles. The molecule has 2 aromatic heterocycles. The van der Waals surface area contributed by atoms with Gasteiger partial charge in [0.15, 0.2) is 0 Å². The SMILES string of the molecule is CCc1ccnc2ccc(OC3CCOCC3)nc12. The topological polar surface area (TPSA) is 44.2 Å². The smallest absolute Gasteiger partial charge is 0.214 e. The lowest BCUT2D eigenvalue weighted by Gasteiger charge is -2.22. The predicted molar refractivity (Wildman–Crippen MR) is 73.4 cm³/mol. The second-order valence-corrected chi connectivity index (χ2v) is 4.77. The van der Waals surface area contributed by atoms with Crippen molar-refractivity contribution in [2.75, 3.05) is 13.2 Å². The zero-order valence-corrected chi connectivity index (χ0v) is 11.1. The highest BCUT2D eigenvalue weighted by Crippen LogP contribution is 2.21. The van der Waals surface area contributed by atoms with Gasteiger partial charge in [-0.25, -0.2) is 4.98 Å². The maximum Gasteiger partial charge on any atom is 0.214 e. The van der Waals surface area contributed by atoms with Gasteiger partial charge in [-0.2, -0.15) is 0 Å². The fourth-order valence-electron chi connectivity index (χ4n) is 2.38. The molecule has 3 heterocycles. The van der Waals surface area contributed by atoms with Gasteiger partial charge in [0.2, 0.25) is 5.88 Å². The minimum Gasteiger partial charge on any atom is -0.474 e. The molecule has 0 radical (unpaired) electrons. The van der Waals surface area contributed by atoms with E-state index in [1.165, 1.54) is 5.56 Å². The van der Waals surface area contributed by atoms with Gasteiger partial charge in [-0.1, -0.05) is 6.92 Å². The van der Waals surface area contributed by atoms with Crippen molar-refractivity contribution >= 4 is 11.0 Å². The Kier molecular flexibility index (Phi) is 3.60. The summed E-state index contributed by atoms with van der Waals surface area (Å²) in [4.78, 5) is 8.95. The summed E-state index contributed by atoms with van der Waals surface area (Å²) in [6, 6.07) is 5.91. The van der Waals surface area contributed by atoms with Crippen molar-refractivity contribution in [1.29, 1.82) is 0 Å². The molecule has 0 amide bonds. The van der Waals surface area contributed by atoms with Gasteiger partial charge in [-0.05, 0) is 24.1 Å². The maximum absolute atomic E-state index is 5.94. The van der Waals surface area contributed by atoms with Gasteiger partial charge in [0.1, 0.15) is 6.10 Å². The molecule has 0 bridgehead atoms. The van der Waals surface area contributed by atoms with Crippen molar-refractivity contribution in [2.45, 2.75) is 32.3 Å². The number of aromatic nitrogens is 2. The Balaban J connectivity index is 1.87. The third-order valence-electron chi connectivity index (χ3n) is 3.48. The second kappa shape index (κ2) is 5.53. The van der Waals surface area contributed by atoms with E-state index in [-0.39, 0.29) is 6.10 Å². The molecule has 4 nitrogen and oxygen atoms in total. The highest BCUT2D eigenvalue weighted by Gasteiger charge is 2.16. The van der Waals surface area contributed by atoms with Crippen molar-refractivity contribution in [3.05, 3.63) is 30.0 Å². The first-order valence-corrected chi connectivity index (χ1v) is 6.86. The zero-order chi connectivity index (χ0) is 13.1. The van der Waals surface area contributed by atoms with Crippen LogP contribution in [-0.2, 0) is 11.2 Å². The normalized spacial score (nSPS) is 16.7. The molecular weight excluding hydrogens is 240 g/mol. The Morgan fingerprint density at radius 3 is 2.89 bits per heavy atom. The van der Waals surface area contributed by atoms with Crippen LogP contribution in [0.2, 0.25) is 0 Å². The minimum absolute atomic E-state index is 0.223. The predicted octanol–water partition coefficient (Wildman–Crippen LogP) is 2.75. The molecule has 100 valence electrons. The van der Waals surface area contributed by atoms with Crippen LogP contribution < -0.4 is 4.74 Å². The fraction of sp³-hybridized carbons (Fsp3) is 0.467. The van der Waals surface area contributed by atoms with Gasteiger partial charge in [0.05, 0.1) is 24.2 Å². The first-order valence-electron chi connectivity index (χ1n) is 6.86. The summed E-state index contributed by atoms with van der Waals surface area (Å²) in [6.45, 7) is 3.68. The number of rotatable bonds is 3. The van der Waals surface area contributed by atoms with E-state index < -0.39 is 0 Å². The quantitative estimate of drug-likeness (QED) is 0.849. The highest BCUT2D eigenvalue weighted by molar-refractivity contribution is 5.78. The summed E-state index contributed by atoms with van der Waals surface area (Å²) in [5, 5.41) is 0. The second-order valence-electron chi connectivity index (χ2n) is 4.77. The van der Waals surface area contributed by atoms with Crippen LogP contribution in [0, 0.1) is 0 Å². The molecule has 1 aliphatic rings. The van der Waals surface area contributed by atoms with Gasteiger partial charge in [-0.3, -0.25) is 4.98 Å². The summed E-state index contributed by atoms with van der Waals surface area (Å²) in [6.07, 6.45) is 4.88. The van der Waals surface area contributed by atoms with Crippen LogP contribution in [0.4, 0.5) is 0 Å². The van der Waals surface area contributed by atoms with Crippen molar-refractivity contribution < 1.29 is 9.47 Å². The molecule has 3 rings (SSSR count). The molecule has 0 atom stereocenters. The standard InChI is InChI=1S/C15H18N2O2/c1-2-11-5-8-16-13-3-4-14(17-15(11)13)19-12-6-9-18-10-7-12/h3-5,8,12H,2,6-7,9-10H2,1H3. The van der Waals surface area contributed by atoms with Crippen LogP contribution in [0.5, 0.6) is 5.88 Å². The van der Waals surface area contributed by atoms with Crippen LogP contribution in [0.25, 0.3) is 11.0 Å². The lowest BCUT2D eigenvalue weighted by molar-refractivity contribution is 0.0239. The van der Waals surface area contributed by atoms with E-state index >= 15 is 0 Å². The van der Waals surface area contributed by atoms with E-state index in [9.17, 15) is 0 Å². The fourth-order valence-corrected chi connectivity index (χ4v) is 2.38. The summed E-state index contributed by atoms with van der Waals surface area (Å²) in [7, 11) is 0. The van der Waals surface area contributed by atoms with Crippen LogP contribution in [0.15, 0.2) is 24.4 Å². The summed E-state index contributed by atoms with van der Waals surface area (Å²) >= 11 is 0. The summed E-state index contributed by atoms with van der Waals surface area (Å²) < 4.78 is 11.3. The molecule has 19 heavy (non-hydrogen) atoms.